The lowest BCUT2D eigenvalue weighted by atomic mass is 10.2. The van der Waals surface area contributed by atoms with Gasteiger partial charge in [-0.25, -0.2) is 4.98 Å². The van der Waals surface area contributed by atoms with E-state index in [2.05, 4.69) is 10.2 Å². The van der Waals surface area contributed by atoms with Gasteiger partial charge in [0.1, 0.15) is 0 Å². The number of benzene rings is 2. The van der Waals surface area contributed by atoms with E-state index in [1.807, 2.05) is 66.1 Å². The zero-order chi connectivity index (χ0) is 20.5. The number of hydrogen-bond donors (Lipinski definition) is 0. The number of fused-ring (bicyclic) bond motifs is 1. The largest absolute Gasteiger partial charge is 0.419 e. The highest BCUT2D eigenvalue weighted by Crippen LogP contribution is 2.38. The molecule has 5 rings (SSSR count). The average molecular weight is 419 g/mol. The topological polar surface area (TPSA) is 73.8 Å². The zero-order valence-corrected chi connectivity index (χ0v) is 17.5. The SMILES string of the molecule is CC(Sc1nc2ccccc2c(=O)n1C1CCCC1)c1nnc(-c2ccccc2)o1. The predicted molar refractivity (Wildman–Crippen MR) is 118 cm³/mol. The van der Waals surface area contributed by atoms with Gasteiger partial charge in [-0.1, -0.05) is 54.9 Å². The monoisotopic (exact) mass is 418 g/mol. The van der Waals surface area contributed by atoms with Crippen molar-refractivity contribution >= 4 is 22.7 Å². The molecule has 1 atom stereocenters. The Bertz CT molecular complexity index is 1230. The van der Waals surface area contributed by atoms with Crippen molar-refractivity contribution in [1.29, 1.82) is 0 Å². The van der Waals surface area contributed by atoms with Crippen LogP contribution in [0.4, 0.5) is 0 Å². The van der Waals surface area contributed by atoms with Crippen LogP contribution in [-0.2, 0) is 0 Å². The van der Waals surface area contributed by atoms with Gasteiger partial charge >= 0.3 is 0 Å². The first-order chi connectivity index (χ1) is 14.7. The Balaban J connectivity index is 1.51. The Hall–Kier alpha value is -2.93. The van der Waals surface area contributed by atoms with E-state index in [1.165, 1.54) is 11.8 Å². The summed E-state index contributed by atoms with van der Waals surface area (Å²) in [5.41, 5.74) is 1.65. The number of hydrogen-bond acceptors (Lipinski definition) is 6. The molecule has 1 unspecified atom stereocenters. The highest BCUT2D eigenvalue weighted by Gasteiger charge is 2.25. The third-order valence-electron chi connectivity index (χ3n) is 5.56. The van der Waals surface area contributed by atoms with Crippen molar-refractivity contribution in [1.82, 2.24) is 19.7 Å². The van der Waals surface area contributed by atoms with Gasteiger partial charge in [0.05, 0.1) is 16.2 Å². The molecule has 1 saturated carbocycles. The van der Waals surface area contributed by atoms with Gasteiger partial charge in [-0.3, -0.25) is 9.36 Å². The van der Waals surface area contributed by atoms with Crippen LogP contribution in [0.3, 0.4) is 0 Å². The molecule has 2 heterocycles. The van der Waals surface area contributed by atoms with Crippen molar-refractivity contribution in [3.05, 3.63) is 70.8 Å². The molecule has 6 nitrogen and oxygen atoms in total. The zero-order valence-electron chi connectivity index (χ0n) is 16.7. The first-order valence-electron chi connectivity index (χ1n) is 10.3. The van der Waals surface area contributed by atoms with Gasteiger partial charge in [-0.2, -0.15) is 0 Å². The lowest BCUT2D eigenvalue weighted by molar-refractivity contribution is 0.456. The number of aromatic nitrogens is 4. The van der Waals surface area contributed by atoms with Crippen LogP contribution in [0.15, 0.2) is 69.0 Å². The van der Waals surface area contributed by atoms with Crippen molar-refractivity contribution in [2.75, 3.05) is 0 Å². The Kier molecular flexibility index (Phi) is 5.12. The number of thioether (sulfide) groups is 1. The molecule has 0 saturated heterocycles. The van der Waals surface area contributed by atoms with E-state index >= 15 is 0 Å². The van der Waals surface area contributed by atoms with Gasteiger partial charge in [0.15, 0.2) is 5.16 Å². The molecule has 4 aromatic rings. The van der Waals surface area contributed by atoms with Crippen LogP contribution in [0.2, 0.25) is 0 Å². The molecule has 2 aromatic carbocycles. The van der Waals surface area contributed by atoms with Crippen LogP contribution in [0.5, 0.6) is 0 Å². The summed E-state index contributed by atoms with van der Waals surface area (Å²) in [6.45, 7) is 2.01. The first kappa shape index (κ1) is 19.1. The minimum Gasteiger partial charge on any atom is -0.419 e. The molecule has 152 valence electrons. The van der Waals surface area contributed by atoms with Gasteiger partial charge < -0.3 is 4.42 Å². The maximum absolute atomic E-state index is 13.3. The van der Waals surface area contributed by atoms with E-state index in [0.29, 0.717) is 17.2 Å². The summed E-state index contributed by atoms with van der Waals surface area (Å²) < 4.78 is 7.82. The Morgan fingerprint density at radius 3 is 2.57 bits per heavy atom. The van der Waals surface area contributed by atoms with Crippen LogP contribution in [-0.4, -0.2) is 19.7 Å². The summed E-state index contributed by atoms with van der Waals surface area (Å²) >= 11 is 1.50. The molecule has 30 heavy (non-hydrogen) atoms. The second-order valence-electron chi connectivity index (χ2n) is 7.60. The molecule has 1 aliphatic rings. The minimum atomic E-state index is -0.129. The molecule has 0 bridgehead atoms. The standard InChI is InChI=1S/C23H22N4O2S/c1-15(20-25-26-21(29-20)16-9-3-2-4-10-16)30-23-24-19-14-8-7-13-18(19)22(28)27(23)17-11-5-6-12-17/h2-4,7-10,13-15,17H,5-6,11-12H2,1H3. The predicted octanol–water partition coefficient (Wildman–Crippen LogP) is 5.41. The van der Waals surface area contributed by atoms with Gasteiger partial charge in [0.25, 0.3) is 5.56 Å². The highest BCUT2D eigenvalue weighted by molar-refractivity contribution is 7.99. The molecule has 1 aliphatic carbocycles. The summed E-state index contributed by atoms with van der Waals surface area (Å²) in [6.07, 6.45) is 4.32. The van der Waals surface area contributed by atoms with Gasteiger partial charge in [-0.05, 0) is 44.0 Å². The van der Waals surface area contributed by atoms with Crippen molar-refractivity contribution in [2.45, 2.75) is 49.1 Å². The second-order valence-corrected chi connectivity index (χ2v) is 8.90. The average Bonchev–Trinajstić information content (AvgIpc) is 3.47. The van der Waals surface area contributed by atoms with E-state index in [0.717, 1.165) is 41.9 Å². The lowest BCUT2D eigenvalue weighted by Gasteiger charge is -2.19. The molecule has 0 spiro atoms. The summed E-state index contributed by atoms with van der Waals surface area (Å²) in [5.74, 6) is 1.02. The molecule has 1 fully saturated rings. The molecule has 0 aliphatic heterocycles. The number of rotatable bonds is 5. The third kappa shape index (κ3) is 3.54. The lowest BCUT2D eigenvalue weighted by Crippen LogP contribution is -2.26. The fraction of sp³-hybridized carbons (Fsp3) is 0.304. The van der Waals surface area contributed by atoms with E-state index in [1.54, 1.807) is 0 Å². The van der Waals surface area contributed by atoms with Crippen LogP contribution < -0.4 is 5.56 Å². The van der Waals surface area contributed by atoms with E-state index < -0.39 is 0 Å². The fourth-order valence-corrected chi connectivity index (χ4v) is 5.01. The fourth-order valence-electron chi connectivity index (χ4n) is 4.00. The van der Waals surface area contributed by atoms with Crippen LogP contribution in [0, 0.1) is 0 Å². The maximum atomic E-state index is 13.3. The van der Waals surface area contributed by atoms with Gasteiger partial charge in [0, 0.05) is 11.6 Å². The third-order valence-corrected chi connectivity index (χ3v) is 6.61. The van der Waals surface area contributed by atoms with Crippen molar-refractivity contribution in [2.24, 2.45) is 0 Å². The summed E-state index contributed by atoms with van der Waals surface area (Å²) in [5, 5.41) is 9.71. The molecular formula is C23H22N4O2S. The molecule has 0 amide bonds. The van der Waals surface area contributed by atoms with Crippen molar-refractivity contribution < 1.29 is 4.42 Å². The molecule has 0 radical (unpaired) electrons. The highest BCUT2D eigenvalue weighted by atomic mass is 32.2. The Labute approximate surface area is 178 Å². The summed E-state index contributed by atoms with van der Waals surface area (Å²) in [7, 11) is 0. The van der Waals surface area contributed by atoms with E-state index in [9.17, 15) is 4.79 Å². The van der Waals surface area contributed by atoms with Crippen LogP contribution >= 0.6 is 11.8 Å². The van der Waals surface area contributed by atoms with Crippen molar-refractivity contribution in [3.8, 4) is 11.5 Å². The minimum absolute atomic E-state index is 0.0395. The Morgan fingerprint density at radius 2 is 1.77 bits per heavy atom. The molecular weight excluding hydrogens is 396 g/mol. The van der Waals surface area contributed by atoms with Gasteiger partial charge in [-0.15, -0.1) is 10.2 Å². The number of nitrogens with zero attached hydrogens (tertiary/aromatic N) is 4. The normalized spacial score (nSPS) is 15.6. The van der Waals surface area contributed by atoms with E-state index in [-0.39, 0.29) is 16.9 Å². The van der Waals surface area contributed by atoms with Crippen LogP contribution in [0.25, 0.3) is 22.4 Å². The van der Waals surface area contributed by atoms with Gasteiger partial charge in [0.2, 0.25) is 11.8 Å². The molecule has 7 heteroatoms. The maximum Gasteiger partial charge on any atom is 0.262 e. The smallest absolute Gasteiger partial charge is 0.262 e. The van der Waals surface area contributed by atoms with E-state index in [4.69, 9.17) is 9.40 Å². The van der Waals surface area contributed by atoms with Crippen LogP contribution in [0.1, 0.15) is 49.8 Å². The Morgan fingerprint density at radius 1 is 1.03 bits per heavy atom. The van der Waals surface area contributed by atoms with Crippen molar-refractivity contribution in [3.63, 3.8) is 0 Å². The first-order valence-corrected chi connectivity index (χ1v) is 11.2. The summed E-state index contributed by atoms with van der Waals surface area (Å²) in [6, 6.07) is 17.5. The second kappa shape index (κ2) is 8.07. The number of para-hydroxylation sites is 1. The molecule has 0 N–H and O–H groups in total. The summed E-state index contributed by atoms with van der Waals surface area (Å²) in [4.78, 5) is 18.1. The molecule has 2 aromatic heterocycles. The quantitative estimate of drug-likeness (QED) is 0.318.